The molecule has 5 nitrogen and oxygen atoms in total. The Morgan fingerprint density at radius 3 is 2.50 bits per heavy atom. The van der Waals surface area contributed by atoms with Crippen LogP contribution in [-0.2, 0) is 19.1 Å². The van der Waals surface area contributed by atoms with E-state index in [1.54, 1.807) is 37.3 Å². The van der Waals surface area contributed by atoms with E-state index >= 15 is 0 Å². The molecule has 0 radical (unpaired) electrons. The molecule has 0 amide bonds. The summed E-state index contributed by atoms with van der Waals surface area (Å²) in [7, 11) is 0. The smallest absolute Gasteiger partial charge is 0.387 e. The lowest BCUT2D eigenvalue weighted by molar-refractivity contribution is -0.149. The standard InChI is InChI=1S/C13H10O5/c1-2-17-13-9(11(15)12(16)18-13)10(14)8-6-4-3-5-7-8/h3-7H,2H2,1H3. The Hall–Kier alpha value is -2.43. The number of esters is 1. The van der Waals surface area contributed by atoms with Crippen LogP contribution in [0, 0.1) is 0 Å². The van der Waals surface area contributed by atoms with Crippen molar-refractivity contribution in [1.29, 1.82) is 0 Å². The summed E-state index contributed by atoms with van der Waals surface area (Å²) in [6.45, 7) is 1.86. The molecule has 0 atom stereocenters. The number of cyclic esters (lactones) is 1. The van der Waals surface area contributed by atoms with Crippen LogP contribution in [0.1, 0.15) is 17.3 Å². The molecule has 1 aromatic rings. The molecular formula is C13H10O5. The molecule has 5 heteroatoms. The van der Waals surface area contributed by atoms with Gasteiger partial charge in [0.1, 0.15) is 0 Å². The topological polar surface area (TPSA) is 69.7 Å². The van der Waals surface area contributed by atoms with Crippen LogP contribution in [0.4, 0.5) is 0 Å². The van der Waals surface area contributed by atoms with Crippen LogP contribution < -0.4 is 0 Å². The van der Waals surface area contributed by atoms with Gasteiger partial charge in [-0.2, -0.15) is 0 Å². The first-order valence-electron chi connectivity index (χ1n) is 5.38. The summed E-state index contributed by atoms with van der Waals surface area (Å²) in [6.07, 6.45) is 0. The lowest BCUT2D eigenvalue weighted by Crippen LogP contribution is -2.16. The number of carbonyl (C=O) groups is 3. The molecule has 0 unspecified atom stereocenters. The largest absolute Gasteiger partial charge is 0.465 e. The van der Waals surface area contributed by atoms with Crippen LogP contribution in [0.5, 0.6) is 0 Å². The van der Waals surface area contributed by atoms with Gasteiger partial charge >= 0.3 is 11.9 Å². The molecule has 0 saturated heterocycles. The Labute approximate surface area is 103 Å². The predicted octanol–water partition coefficient (Wildman–Crippen LogP) is 1.24. The van der Waals surface area contributed by atoms with Crippen LogP contribution in [0.25, 0.3) is 0 Å². The van der Waals surface area contributed by atoms with E-state index in [4.69, 9.17) is 4.74 Å². The van der Waals surface area contributed by atoms with Gasteiger partial charge in [0.15, 0.2) is 5.57 Å². The molecule has 92 valence electrons. The maximum atomic E-state index is 12.1. The molecule has 0 aliphatic carbocycles. The summed E-state index contributed by atoms with van der Waals surface area (Å²) in [5.41, 5.74) is -0.0376. The fraction of sp³-hybridized carbons (Fsp3) is 0.154. The number of ketones is 2. The second-order valence-electron chi connectivity index (χ2n) is 3.51. The Morgan fingerprint density at radius 1 is 1.22 bits per heavy atom. The zero-order chi connectivity index (χ0) is 13.1. The number of rotatable bonds is 4. The van der Waals surface area contributed by atoms with Crippen LogP contribution in [0.2, 0.25) is 0 Å². The zero-order valence-electron chi connectivity index (χ0n) is 9.64. The molecule has 1 heterocycles. The van der Waals surface area contributed by atoms with Crippen molar-refractivity contribution in [2.24, 2.45) is 0 Å². The van der Waals surface area contributed by atoms with E-state index in [2.05, 4.69) is 4.74 Å². The van der Waals surface area contributed by atoms with Gasteiger partial charge in [0, 0.05) is 5.56 Å². The van der Waals surface area contributed by atoms with Crippen LogP contribution in [0.3, 0.4) is 0 Å². The van der Waals surface area contributed by atoms with E-state index in [-0.39, 0.29) is 18.1 Å². The molecule has 1 aliphatic heterocycles. The number of hydrogen-bond acceptors (Lipinski definition) is 5. The van der Waals surface area contributed by atoms with E-state index < -0.39 is 17.5 Å². The minimum Gasteiger partial charge on any atom is -0.465 e. The number of carbonyl (C=O) groups excluding carboxylic acids is 3. The second-order valence-corrected chi connectivity index (χ2v) is 3.51. The third-order valence-corrected chi connectivity index (χ3v) is 2.34. The zero-order valence-corrected chi connectivity index (χ0v) is 9.64. The number of benzene rings is 1. The highest BCUT2D eigenvalue weighted by Crippen LogP contribution is 2.22. The van der Waals surface area contributed by atoms with Crippen LogP contribution in [0.15, 0.2) is 41.9 Å². The molecule has 0 spiro atoms. The van der Waals surface area contributed by atoms with Crippen LogP contribution in [-0.4, -0.2) is 24.1 Å². The molecule has 1 aromatic carbocycles. The third kappa shape index (κ3) is 2.02. The average Bonchev–Trinajstić information content (AvgIpc) is 2.66. The quantitative estimate of drug-likeness (QED) is 0.346. The average molecular weight is 246 g/mol. The van der Waals surface area contributed by atoms with Gasteiger partial charge in [0.25, 0.3) is 5.78 Å². The number of ether oxygens (including phenoxy) is 2. The highest BCUT2D eigenvalue weighted by molar-refractivity contribution is 6.51. The summed E-state index contributed by atoms with van der Waals surface area (Å²) >= 11 is 0. The van der Waals surface area contributed by atoms with Crippen molar-refractivity contribution in [2.45, 2.75) is 6.92 Å². The summed E-state index contributed by atoms with van der Waals surface area (Å²) in [6, 6.07) is 8.17. The van der Waals surface area contributed by atoms with Gasteiger partial charge in [-0.25, -0.2) is 4.79 Å². The van der Waals surface area contributed by atoms with E-state index in [1.165, 1.54) is 0 Å². The first-order chi connectivity index (χ1) is 8.65. The van der Waals surface area contributed by atoms with Crippen molar-refractivity contribution >= 4 is 17.5 Å². The molecule has 0 N–H and O–H groups in total. The molecule has 0 saturated carbocycles. The molecule has 0 aromatic heterocycles. The Morgan fingerprint density at radius 2 is 1.89 bits per heavy atom. The minimum absolute atomic E-state index is 0.196. The molecule has 18 heavy (non-hydrogen) atoms. The van der Waals surface area contributed by atoms with Crippen molar-refractivity contribution in [2.75, 3.05) is 6.61 Å². The maximum absolute atomic E-state index is 12.1. The molecular weight excluding hydrogens is 236 g/mol. The summed E-state index contributed by atoms with van der Waals surface area (Å²) in [5, 5.41) is 0. The summed E-state index contributed by atoms with van der Waals surface area (Å²) < 4.78 is 9.61. The third-order valence-electron chi connectivity index (χ3n) is 2.34. The van der Waals surface area contributed by atoms with E-state index in [0.717, 1.165) is 0 Å². The Bertz CT molecular complexity index is 542. The lowest BCUT2D eigenvalue weighted by atomic mass is 10.0. The molecule has 1 aliphatic rings. The highest BCUT2D eigenvalue weighted by atomic mass is 16.7. The first-order valence-corrected chi connectivity index (χ1v) is 5.38. The molecule has 0 fully saturated rings. The van der Waals surface area contributed by atoms with Crippen molar-refractivity contribution in [3.63, 3.8) is 0 Å². The van der Waals surface area contributed by atoms with Gasteiger partial charge in [0.2, 0.25) is 5.78 Å². The second kappa shape index (κ2) is 4.83. The molecule has 0 bridgehead atoms. The highest BCUT2D eigenvalue weighted by Gasteiger charge is 2.40. The monoisotopic (exact) mass is 246 g/mol. The normalized spacial score (nSPS) is 14.7. The van der Waals surface area contributed by atoms with Gasteiger partial charge in [-0.3, -0.25) is 9.59 Å². The SMILES string of the molecule is CCOC1=C(C(=O)c2ccccc2)C(=O)C(=O)O1. The fourth-order valence-corrected chi connectivity index (χ4v) is 1.54. The fourth-order valence-electron chi connectivity index (χ4n) is 1.54. The van der Waals surface area contributed by atoms with Crippen molar-refractivity contribution in [3.8, 4) is 0 Å². The van der Waals surface area contributed by atoms with Crippen LogP contribution >= 0.6 is 0 Å². The van der Waals surface area contributed by atoms with E-state index in [0.29, 0.717) is 5.56 Å². The van der Waals surface area contributed by atoms with Gasteiger partial charge < -0.3 is 9.47 Å². The van der Waals surface area contributed by atoms with Gasteiger partial charge in [-0.15, -0.1) is 0 Å². The number of Topliss-reactive ketones (excluding diaryl/α,β-unsaturated/α-hetero) is 2. The van der Waals surface area contributed by atoms with E-state index in [1.807, 2.05) is 0 Å². The Kier molecular flexibility index (Phi) is 3.23. The van der Waals surface area contributed by atoms with Crippen molar-refractivity contribution < 1.29 is 23.9 Å². The first kappa shape index (κ1) is 12.0. The van der Waals surface area contributed by atoms with Gasteiger partial charge in [-0.1, -0.05) is 30.3 Å². The minimum atomic E-state index is -1.09. The number of hydrogen-bond donors (Lipinski definition) is 0. The summed E-state index contributed by atoms with van der Waals surface area (Å²) in [5.74, 6) is -2.93. The predicted molar refractivity (Wildman–Crippen MR) is 60.5 cm³/mol. The van der Waals surface area contributed by atoms with Crippen molar-refractivity contribution in [1.82, 2.24) is 0 Å². The van der Waals surface area contributed by atoms with E-state index in [9.17, 15) is 14.4 Å². The maximum Gasteiger partial charge on any atom is 0.387 e. The van der Waals surface area contributed by atoms with Gasteiger partial charge in [0.05, 0.1) is 6.61 Å². The van der Waals surface area contributed by atoms with Crippen molar-refractivity contribution in [3.05, 3.63) is 47.4 Å². The Balaban J connectivity index is 2.41. The lowest BCUT2D eigenvalue weighted by Gasteiger charge is -2.03. The van der Waals surface area contributed by atoms with Gasteiger partial charge in [-0.05, 0) is 6.92 Å². The molecule has 2 rings (SSSR count). The summed E-state index contributed by atoms with van der Waals surface area (Å²) in [4.78, 5) is 34.8.